The number of carbonyl (C=O) groups is 1. The lowest BCUT2D eigenvalue weighted by molar-refractivity contribution is 0.0944. The number of hydrogen-bond acceptors (Lipinski definition) is 4. The molecule has 1 heterocycles. The predicted octanol–water partition coefficient (Wildman–Crippen LogP) is 4.49. The van der Waals surface area contributed by atoms with Gasteiger partial charge in [0, 0.05) is 17.8 Å². The number of aromatic nitrogens is 2. The van der Waals surface area contributed by atoms with E-state index in [9.17, 15) is 9.18 Å². The number of nitrogens with one attached hydrogen (secondary N) is 1. The van der Waals surface area contributed by atoms with Gasteiger partial charge in [0.05, 0.1) is 24.4 Å². The zero-order chi connectivity index (χ0) is 22.0. The Morgan fingerprint density at radius 1 is 1.26 bits per heavy atom. The van der Waals surface area contributed by atoms with E-state index in [0.29, 0.717) is 28.8 Å². The highest BCUT2D eigenvalue weighted by atomic mass is 35.5. The fourth-order valence-corrected chi connectivity index (χ4v) is 4.13. The van der Waals surface area contributed by atoms with Crippen molar-refractivity contribution in [2.45, 2.75) is 32.7 Å². The van der Waals surface area contributed by atoms with Crippen LogP contribution in [0.15, 0.2) is 36.4 Å². The molecule has 0 atom stereocenters. The molecule has 3 aromatic rings. The molecular formula is C23H23ClFN3O3. The number of benzene rings is 2. The van der Waals surface area contributed by atoms with E-state index in [1.165, 1.54) is 12.1 Å². The normalized spacial score (nSPS) is 12.5. The Balaban J connectivity index is 1.55. The van der Waals surface area contributed by atoms with Crippen molar-refractivity contribution < 1.29 is 18.7 Å². The highest BCUT2D eigenvalue weighted by Crippen LogP contribution is 2.36. The Kier molecular flexibility index (Phi) is 6.13. The minimum atomic E-state index is -0.310. The average molecular weight is 444 g/mol. The van der Waals surface area contributed by atoms with E-state index < -0.39 is 0 Å². The third-order valence-electron chi connectivity index (χ3n) is 5.25. The third kappa shape index (κ3) is 4.23. The number of hydrogen-bond donors (Lipinski definition) is 1. The Morgan fingerprint density at radius 3 is 2.74 bits per heavy atom. The predicted molar refractivity (Wildman–Crippen MR) is 116 cm³/mol. The lowest BCUT2D eigenvalue weighted by atomic mass is 10.1. The first-order valence-corrected chi connectivity index (χ1v) is 10.5. The second-order valence-corrected chi connectivity index (χ2v) is 7.65. The Morgan fingerprint density at radius 2 is 2.03 bits per heavy atom. The quantitative estimate of drug-likeness (QED) is 0.584. The zero-order valence-corrected chi connectivity index (χ0v) is 18.1. The Bertz CT molecular complexity index is 1110. The van der Waals surface area contributed by atoms with E-state index in [0.717, 1.165) is 41.8 Å². The van der Waals surface area contributed by atoms with Gasteiger partial charge in [0.15, 0.2) is 17.2 Å². The fourth-order valence-electron chi connectivity index (χ4n) is 3.84. The topological polar surface area (TPSA) is 65.4 Å². The summed E-state index contributed by atoms with van der Waals surface area (Å²) in [6.07, 6.45) is 2.58. The second kappa shape index (κ2) is 8.98. The summed E-state index contributed by atoms with van der Waals surface area (Å²) < 4.78 is 25.9. The maximum absolute atomic E-state index is 13.3. The number of halogens is 2. The minimum absolute atomic E-state index is 0.261. The molecule has 0 bridgehead atoms. The van der Waals surface area contributed by atoms with Crippen LogP contribution in [0.3, 0.4) is 0 Å². The Hall–Kier alpha value is -3.06. The molecule has 0 saturated carbocycles. The third-order valence-corrected chi connectivity index (χ3v) is 5.53. The molecule has 6 nitrogen and oxygen atoms in total. The van der Waals surface area contributed by atoms with Gasteiger partial charge >= 0.3 is 0 Å². The van der Waals surface area contributed by atoms with Crippen molar-refractivity contribution in [2.24, 2.45) is 0 Å². The number of amides is 1. The molecule has 0 aliphatic heterocycles. The summed E-state index contributed by atoms with van der Waals surface area (Å²) in [5.74, 6) is 0.427. The van der Waals surface area contributed by atoms with Gasteiger partial charge in [-0.3, -0.25) is 4.79 Å². The molecule has 0 saturated heterocycles. The SMILES string of the molecule is CCOc1c(Cl)cc(CNC(=O)c2nn(-c3ccc(F)cc3)c3c2CCC3)cc1OC. The van der Waals surface area contributed by atoms with Crippen LogP contribution in [0.25, 0.3) is 5.69 Å². The summed E-state index contributed by atoms with van der Waals surface area (Å²) in [6.45, 7) is 2.60. The highest BCUT2D eigenvalue weighted by Gasteiger charge is 2.27. The monoisotopic (exact) mass is 443 g/mol. The van der Waals surface area contributed by atoms with Crippen LogP contribution in [0.5, 0.6) is 11.5 Å². The van der Waals surface area contributed by atoms with Gasteiger partial charge in [-0.05, 0) is 68.1 Å². The summed E-state index contributed by atoms with van der Waals surface area (Å²) in [5, 5.41) is 7.89. The lowest BCUT2D eigenvalue weighted by Gasteiger charge is -2.13. The summed E-state index contributed by atoms with van der Waals surface area (Å²) in [4.78, 5) is 12.9. The van der Waals surface area contributed by atoms with Crippen LogP contribution in [0, 0.1) is 5.82 Å². The van der Waals surface area contributed by atoms with Gasteiger partial charge in [-0.15, -0.1) is 0 Å². The molecule has 0 fully saturated rings. The standard InChI is InChI=1S/C23H23ClFN3O3/c1-3-31-22-18(24)11-14(12-20(22)30-2)13-26-23(29)21-17-5-4-6-19(17)28(27-21)16-9-7-15(25)8-10-16/h7-12H,3-6,13H2,1-2H3,(H,26,29). The maximum Gasteiger partial charge on any atom is 0.272 e. The van der Waals surface area contributed by atoms with E-state index in [1.54, 1.807) is 36.1 Å². The van der Waals surface area contributed by atoms with Gasteiger partial charge in [0.25, 0.3) is 5.91 Å². The number of nitrogens with zero attached hydrogens (tertiary/aromatic N) is 2. The molecule has 2 aromatic carbocycles. The first-order valence-electron chi connectivity index (χ1n) is 10.2. The highest BCUT2D eigenvalue weighted by molar-refractivity contribution is 6.32. The van der Waals surface area contributed by atoms with Crippen molar-refractivity contribution in [3.05, 3.63) is 69.8 Å². The second-order valence-electron chi connectivity index (χ2n) is 7.24. The van der Waals surface area contributed by atoms with Crippen LogP contribution >= 0.6 is 11.6 Å². The van der Waals surface area contributed by atoms with Gasteiger partial charge < -0.3 is 14.8 Å². The van der Waals surface area contributed by atoms with Crippen molar-refractivity contribution >= 4 is 17.5 Å². The van der Waals surface area contributed by atoms with Crippen molar-refractivity contribution in [1.29, 1.82) is 0 Å². The van der Waals surface area contributed by atoms with Crippen molar-refractivity contribution in [3.63, 3.8) is 0 Å². The van der Waals surface area contributed by atoms with Crippen LogP contribution < -0.4 is 14.8 Å². The molecule has 1 aliphatic carbocycles. The molecule has 1 aliphatic rings. The van der Waals surface area contributed by atoms with E-state index in [4.69, 9.17) is 21.1 Å². The minimum Gasteiger partial charge on any atom is -0.493 e. The van der Waals surface area contributed by atoms with Crippen LogP contribution in [-0.4, -0.2) is 29.4 Å². The van der Waals surface area contributed by atoms with Crippen LogP contribution in [0.4, 0.5) is 4.39 Å². The van der Waals surface area contributed by atoms with Gasteiger partial charge in [-0.1, -0.05) is 11.6 Å². The van der Waals surface area contributed by atoms with Gasteiger partial charge in [0.2, 0.25) is 0 Å². The van der Waals surface area contributed by atoms with Crippen LogP contribution in [0.2, 0.25) is 5.02 Å². The van der Waals surface area contributed by atoms with E-state index in [2.05, 4.69) is 10.4 Å². The van der Waals surface area contributed by atoms with Gasteiger partial charge in [-0.25, -0.2) is 9.07 Å². The van der Waals surface area contributed by atoms with Gasteiger partial charge in [-0.2, -0.15) is 5.10 Å². The molecule has 8 heteroatoms. The van der Waals surface area contributed by atoms with E-state index in [1.807, 2.05) is 6.92 Å². The van der Waals surface area contributed by atoms with Crippen molar-refractivity contribution in [2.75, 3.05) is 13.7 Å². The first-order chi connectivity index (χ1) is 15.0. The zero-order valence-electron chi connectivity index (χ0n) is 17.4. The maximum atomic E-state index is 13.3. The molecular weight excluding hydrogens is 421 g/mol. The molecule has 0 radical (unpaired) electrons. The van der Waals surface area contributed by atoms with Crippen LogP contribution in [0.1, 0.15) is 40.7 Å². The lowest BCUT2D eigenvalue weighted by Crippen LogP contribution is -2.24. The summed E-state index contributed by atoms with van der Waals surface area (Å²) >= 11 is 6.32. The summed E-state index contributed by atoms with van der Waals surface area (Å²) in [5.41, 5.74) is 3.88. The Labute approximate surface area is 184 Å². The van der Waals surface area contributed by atoms with Gasteiger partial charge in [0.1, 0.15) is 5.82 Å². The molecule has 1 aromatic heterocycles. The number of carbonyl (C=O) groups excluding carboxylic acids is 1. The van der Waals surface area contributed by atoms with Crippen LogP contribution in [-0.2, 0) is 19.4 Å². The van der Waals surface area contributed by atoms with Crippen molar-refractivity contribution in [1.82, 2.24) is 15.1 Å². The number of ether oxygens (including phenoxy) is 2. The smallest absolute Gasteiger partial charge is 0.272 e. The first kappa shape index (κ1) is 21.2. The number of methoxy groups -OCH3 is 1. The molecule has 162 valence electrons. The fraction of sp³-hybridized carbons (Fsp3) is 0.304. The molecule has 0 spiro atoms. The summed E-state index contributed by atoms with van der Waals surface area (Å²) in [7, 11) is 1.54. The van der Waals surface area contributed by atoms with E-state index in [-0.39, 0.29) is 18.3 Å². The van der Waals surface area contributed by atoms with Crippen molar-refractivity contribution in [3.8, 4) is 17.2 Å². The molecule has 1 amide bonds. The summed E-state index contributed by atoms with van der Waals surface area (Å²) in [6, 6.07) is 9.64. The number of fused-ring (bicyclic) bond motifs is 1. The number of rotatable bonds is 7. The molecule has 1 N–H and O–H groups in total. The largest absolute Gasteiger partial charge is 0.493 e. The van der Waals surface area contributed by atoms with E-state index >= 15 is 0 Å². The molecule has 4 rings (SSSR count). The molecule has 0 unspecified atom stereocenters. The molecule has 31 heavy (non-hydrogen) atoms. The average Bonchev–Trinajstić information content (AvgIpc) is 3.37.